The maximum atomic E-state index is 12.5. The van der Waals surface area contributed by atoms with Crippen LogP contribution in [0.1, 0.15) is 44.0 Å². The van der Waals surface area contributed by atoms with E-state index in [9.17, 15) is 4.79 Å². The van der Waals surface area contributed by atoms with Gasteiger partial charge in [-0.15, -0.1) is 0 Å². The molecule has 0 unspecified atom stereocenters. The molecule has 27 heavy (non-hydrogen) atoms. The maximum Gasteiger partial charge on any atom is 0.338 e. The number of likely N-dealkylation sites (N-methyl/N-ethyl adjacent to an activating group) is 1. The van der Waals surface area contributed by atoms with Gasteiger partial charge in [-0.3, -0.25) is 0 Å². The van der Waals surface area contributed by atoms with Crippen molar-refractivity contribution in [3.05, 3.63) is 48.0 Å². The van der Waals surface area contributed by atoms with E-state index >= 15 is 0 Å². The van der Waals surface area contributed by atoms with Crippen molar-refractivity contribution in [2.24, 2.45) is 0 Å². The number of benzene rings is 2. The summed E-state index contributed by atoms with van der Waals surface area (Å²) < 4.78 is 7.85. The van der Waals surface area contributed by atoms with E-state index in [4.69, 9.17) is 4.74 Å². The monoisotopic (exact) mass is 366 g/mol. The summed E-state index contributed by atoms with van der Waals surface area (Å²) in [7, 11) is 0. The standard InChI is InChI=1S/C23H30N2O2/c1-4-7-14-25-21-11-9-8-10-19(21)20-13-12-18(17-22(20)25)23(26)27-16-15-24(5-2)6-3/h8-13,17H,4-7,14-16H2,1-3H3. The SMILES string of the molecule is CCCCn1c2ccccc2c2ccc(C(=O)OCCN(CC)CC)cc21. The lowest BCUT2D eigenvalue weighted by Gasteiger charge is -2.17. The molecule has 1 heterocycles. The zero-order valence-electron chi connectivity index (χ0n) is 16.7. The lowest BCUT2D eigenvalue weighted by molar-refractivity contribution is 0.0466. The summed E-state index contributed by atoms with van der Waals surface area (Å²) in [6.07, 6.45) is 2.26. The normalized spacial score (nSPS) is 11.6. The van der Waals surface area contributed by atoms with Gasteiger partial charge in [-0.05, 0) is 37.7 Å². The van der Waals surface area contributed by atoms with Crippen molar-refractivity contribution in [2.45, 2.75) is 40.2 Å². The Morgan fingerprint density at radius 1 is 1.00 bits per heavy atom. The van der Waals surface area contributed by atoms with Gasteiger partial charge in [-0.1, -0.05) is 51.5 Å². The topological polar surface area (TPSA) is 34.5 Å². The fourth-order valence-corrected chi connectivity index (χ4v) is 3.62. The van der Waals surface area contributed by atoms with Crippen molar-refractivity contribution in [1.29, 1.82) is 0 Å². The number of hydrogen-bond donors (Lipinski definition) is 0. The van der Waals surface area contributed by atoms with Gasteiger partial charge in [0.15, 0.2) is 0 Å². The van der Waals surface area contributed by atoms with Crippen LogP contribution in [-0.2, 0) is 11.3 Å². The number of hydrogen-bond acceptors (Lipinski definition) is 3. The van der Waals surface area contributed by atoms with Crippen LogP contribution in [0.5, 0.6) is 0 Å². The number of carbonyl (C=O) groups excluding carboxylic acids is 1. The van der Waals surface area contributed by atoms with E-state index in [0.717, 1.165) is 44.5 Å². The first-order valence-corrected chi connectivity index (χ1v) is 10.1. The Kier molecular flexibility index (Phi) is 6.51. The number of aryl methyl sites for hydroxylation is 1. The van der Waals surface area contributed by atoms with E-state index < -0.39 is 0 Å². The third-order valence-electron chi connectivity index (χ3n) is 5.28. The molecule has 1 aromatic heterocycles. The zero-order chi connectivity index (χ0) is 19.2. The third kappa shape index (κ3) is 4.16. The molecule has 0 fully saturated rings. The summed E-state index contributed by atoms with van der Waals surface area (Å²) in [5.74, 6) is -0.239. The lowest BCUT2D eigenvalue weighted by atomic mass is 10.1. The Morgan fingerprint density at radius 2 is 1.74 bits per heavy atom. The zero-order valence-corrected chi connectivity index (χ0v) is 16.7. The van der Waals surface area contributed by atoms with Crippen LogP contribution in [0.25, 0.3) is 21.8 Å². The van der Waals surface area contributed by atoms with Crippen LogP contribution in [0.15, 0.2) is 42.5 Å². The summed E-state index contributed by atoms with van der Waals surface area (Å²) in [5, 5.41) is 2.44. The second-order valence-corrected chi connectivity index (χ2v) is 6.92. The fraction of sp³-hybridized carbons (Fsp3) is 0.435. The molecule has 4 heteroatoms. The van der Waals surface area contributed by atoms with Crippen LogP contribution in [0.4, 0.5) is 0 Å². The first-order chi connectivity index (χ1) is 13.2. The number of nitrogens with zero attached hydrogens (tertiary/aromatic N) is 2. The van der Waals surface area contributed by atoms with Gasteiger partial charge < -0.3 is 14.2 Å². The Morgan fingerprint density at radius 3 is 2.48 bits per heavy atom. The molecule has 3 rings (SSSR count). The smallest absolute Gasteiger partial charge is 0.338 e. The molecule has 0 saturated carbocycles. The molecule has 0 atom stereocenters. The number of aromatic nitrogens is 1. The van der Waals surface area contributed by atoms with Crippen LogP contribution in [0.3, 0.4) is 0 Å². The number of unbranched alkanes of at least 4 members (excludes halogenated alkanes) is 1. The number of ether oxygens (including phenoxy) is 1. The molecule has 0 radical (unpaired) electrons. The molecule has 4 nitrogen and oxygen atoms in total. The van der Waals surface area contributed by atoms with Gasteiger partial charge in [0.25, 0.3) is 0 Å². The number of esters is 1. The van der Waals surface area contributed by atoms with E-state index in [2.05, 4.69) is 60.6 Å². The Bertz CT molecular complexity index is 909. The van der Waals surface area contributed by atoms with Gasteiger partial charge >= 0.3 is 5.97 Å². The summed E-state index contributed by atoms with van der Waals surface area (Å²) in [5.41, 5.74) is 2.97. The number of fused-ring (bicyclic) bond motifs is 3. The molecule has 2 aromatic carbocycles. The van der Waals surface area contributed by atoms with E-state index in [-0.39, 0.29) is 5.97 Å². The maximum absolute atomic E-state index is 12.5. The van der Waals surface area contributed by atoms with Gasteiger partial charge in [-0.25, -0.2) is 4.79 Å². The van der Waals surface area contributed by atoms with Crippen molar-refractivity contribution >= 4 is 27.8 Å². The molecule has 0 N–H and O–H groups in total. The lowest BCUT2D eigenvalue weighted by Crippen LogP contribution is -2.27. The van der Waals surface area contributed by atoms with Crippen molar-refractivity contribution < 1.29 is 9.53 Å². The van der Waals surface area contributed by atoms with E-state index in [0.29, 0.717) is 12.2 Å². The molecule has 3 aromatic rings. The minimum Gasteiger partial charge on any atom is -0.461 e. The Balaban J connectivity index is 1.87. The van der Waals surface area contributed by atoms with Crippen LogP contribution < -0.4 is 0 Å². The summed E-state index contributed by atoms with van der Waals surface area (Å²) >= 11 is 0. The van der Waals surface area contributed by atoms with E-state index in [1.807, 2.05) is 12.1 Å². The predicted octanol–water partition coefficient (Wildman–Crippen LogP) is 5.09. The van der Waals surface area contributed by atoms with Gasteiger partial charge in [0.2, 0.25) is 0 Å². The third-order valence-corrected chi connectivity index (χ3v) is 5.28. The molecule has 0 amide bonds. The molecule has 0 aliphatic carbocycles. The van der Waals surface area contributed by atoms with E-state index in [1.54, 1.807) is 0 Å². The summed E-state index contributed by atoms with van der Waals surface area (Å²) in [6.45, 7) is 10.5. The highest BCUT2D eigenvalue weighted by atomic mass is 16.5. The second-order valence-electron chi connectivity index (χ2n) is 6.92. The second kappa shape index (κ2) is 9.05. The van der Waals surface area contributed by atoms with Crippen molar-refractivity contribution in [2.75, 3.05) is 26.2 Å². The number of para-hydroxylation sites is 1. The number of carbonyl (C=O) groups is 1. The Hall–Kier alpha value is -2.33. The molecular weight excluding hydrogens is 336 g/mol. The van der Waals surface area contributed by atoms with Crippen molar-refractivity contribution in [3.8, 4) is 0 Å². The first-order valence-electron chi connectivity index (χ1n) is 10.1. The number of rotatable bonds is 9. The highest BCUT2D eigenvalue weighted by Crippen LogP contribution is 2.30. The largest absolute Gasteiger partial charge is 0.461 e. The van der Waals surface area contributed by atoms with Crippen LogP contribution in [0.2, 0.25) is 0 Å². The van der Waals surface area contributed by atoms with Crippen LogP contribution >= 0.6 is 0 Å². The summed E-state index contributed by atoms with van der Waals surface area (Å²) in [6, 6.07) is 14.4. The van der Waals surface area contributed by atoms with Crippen LogP contribution in [-0.4, -0.2) is 41.7 Å². The van der Waals surface area contributed by atoms with Crippen molar-refractivity contribution in [3.63, 3.8) is 0 Å². The fourth-order valence-electron chi connectivity index (χ4n) is 3.62. The molecule has 0 aliphatic heterocycles. The molecule has 0 saturated heterocycles. The van der Waals surface area contributed by atoms with Gasteiger partial charge in [-0.2, -0.15) is 0 Å². The van der Waals surface area contributed by atoms with Crippen LogP contribution in [0, 0.1) is 0 Å². The van der Waals surface area contributed by atoms with Gasteiger partial charge in [0.05, 0.1) is 5.56 Å². The molecular formula is C23H30N2O2. The highest BCUT2D eigenvalue weighted by molar-refractivity contribution is 6.09. The molecule has 0 bridgehead atoms. The minimum absolute atomic E-state index is 0.239. The van der Waals surface area contributed by atoms with Gasteiger partial charge in [0.1, 0.15) is 6.61 Å². The molecule has 0 aliphatic rings. The van der Waals surface area contributed by atoms with E-state index in [1.165, 1.54) is 16.3 Å². The average Bonchev–Trinajstić information content (AvgIpc) is 3.02. The quantitative estimate of drug-likeness (QED) is 0.495. The summed E-state index contributed by atoms with van der Waals surface area (Å²) in [4.78, 5) is 14.8. The Labute approximate surface area is 161 Å². The minimum atomic E-state index is -0.239. The molecule has 0 spiro atoms. The highest BCUT2D eigenvalue weighted by Gasteiger charge is 2.14. The van der Waals surface area contributed by atoms with Crippen molar-refractivity contribution in [1.82, 2.24) is 9.47 Å². The first kappa shape index (κ1) is 19.4. The van der Waals surface area contributed by atoms with Gasteiger partial charge in [0, 0.05) is 34.9 Å². The predicted molar refractivity (Wildman–Crippen MR) is 112 cm³/mol. The molecule has 144 valence electrons. The average molecular weight is 367 g/mol.